The summed E-state index contributed by atoms with van der Waals surface area (Å²) in [4.78, 5) is 4.66. The van der Waals surface area contributed by atoms with Crippen LogP contribution in [0.4, 0.5) is 11.6 Å². The Labute approximate surface area is 96.2 Å². The van der Waals surface area contributed by atoms with E-state index in [-0.39, 0.29) is 0 Å². The molecule has 0 bridgehead atoms. The standard InChI is InChI=1S/C11H19N5/c1-8-6-16(7-9(2)15(8)3)11-5-4-10(12)13-14-11/h4-5,8-9H,6-7H2,1-3H3,(H2,12,13). The number of nitrogens with zero attached hydrogens (tertiary/aromatic N) is 4. The zero-order valence-electron chi connectivity index (χ0n) is 10.1. The number of likely N-dealkylation sites (N-methyl/N-ethyl adjacent to an activating group) is 1. The van der Waals surface area contributed by atoms with Gasteiger partial charge in [0.05, 0.1) is 0 Å². The van der Waals surface area contributed by atoms with Crippen LogP contribution in [-0.4, -0.2) is 47.3 Å². The van der Waals surface area contributed by atoms with Crippen LogP contribution in [0, 0.1) is 0 Å². The molecule has 2 N–H and O–H groups in total. The van der Waals surface area contributed by atoms with E-state index in [9.17, 15) is 0 Å². The van der Waals surface area contributed by atoms with Crippen LogP contribution in [-0.2, 0) is 0 Å². The molecule has 1 aromatic heterocycles. The number of nitrogen functional groups attached to an aromatic ring is 1. The normalized spacial score (nSPS) is 27.1. The summed E-state index contributed by atoms with van der Waals surface area (Å²) in [7, 11) is 2.17. The zero-order chi connectivity index (χ0) is 11.7. The second-order valence-corrected chi connectivity index (χ2v) is 4.58. The van der Waals surface area contributed by atoms with Crippen LogP contribution in [0.1, 0.15) is 13.8 Å². The van der Waals surface area contributed by atoms with Crippen molar-refractivity contribution in [3.8, 4) is 0 Å². The molecule has 2 heterocycles. The molecule has 16 heavy (non-hydrogen) atoms. The van der Waals surface area contributed by atoms with Crippen LogP contribution >= 0.6 is 0 Å². The van der Waals surface area contributed by atoms with Gasteiger partial charge in [0.25, 0.3) is 0 Å². The molecular formula is C11H19N5. The summed E-state index contributed by atoms with van der Waals surface area (Å²) in [5, 5.41) is 8.02. The third-order valence-electron chi connectivity index (χ3n) is 3.35. The topological polar surface area (TPSA) is 58.3 Å². The maximum atomic E-state index is 5.53. The number of hydrogen-bond donors (Lipinski definition) is 1. The van der Waals surface area contributed by atoms with Crippen LogP contribution in [0.5, 0.6) is 0 Å². The van der Waals surface area contributed by atoms with Gasteiger partial charge < -0.3 is 10.6 Å². The summed E-state index contributed by atoms with van der Waals surface area (Å²) in [6.45, 7) is 6.43. The van der Waals surface area contributed by atoms with Crippen molar-refractivity contribution in [3.63, 3.8) is 0 Å². The van der Waals surface area contributed by atoms with Gasteiger partial charge in [0.15, 0.2) is 5.82 Å². The smallest absolute Gasteiger partial charge is 0.151 e. The minimum absolute atomic E-state index is 0.471. The molecule has 2 rings (SSSR count). The fourth-order valence-corrected chi connectivity index (χ4v) is 2.10. The van der Waals surface area contributed by atoms with Crippen molar-refractivity contribution in [2.75, 3.05) is 30.8 Å². The highest BCUT2D eigenvalue weighted by molar-refractivity contribution is 5.42. The van der Waals surface area contributed by atoms with Crippen molar-refractivity contribution in [2.45, 2.75) is 25.9 Å². The Morgan fingerprint density at radius 1 is 1.19 bits per heavy atom. The number of rotatable bonds is 1. The molecule has 0 aromatic carbocycles. The molecule has 0 aliphatic carbocycles. The SMILES string of the molecule is CC1CN(c2ccc(N)nn2)CC(C)N1C. The molecule has 0 amide bonds. The third kappa shape index (κ3) is 2.09. The van der Waals surface area contributed by atoms with Gasteiger partial charge in [-0.3, -0.25) is 4.90 Å². The quantitative estimate of drug-likeness (QED) is 0.752. The van der Waals surface area contributed by atoms with E-state index in [1.54, 1.807) is 6.07 Å². The third-order valence-corrected chi connectivity index (χ3v) is 3.35. The first-order valence-corrected chi connectivity index (χ1v) is 5.64. The average molecular weight is 221 g/mol. The maximum absolute atomic E-state index is 5.53. The van der Waals surface area contributed by atoms with Crippen molar-refractivity contribution in [2.24, 2.45) is 0 Å². The van der Waals surface area contributed by atoms with E-state index in [1.807, 2.05) is 6.07 Å². The number of anilines is 2. The van der Waals surface area contributed by atoms with Gasteiger partial charge in [-0.1, -0.05) is 0 Å². The molecule has 1 aliphatic heterocycles. The number of nitrogens with two attached hydrogens (primary N) is 1. The fraction of sp³-hybridized carbons (Fsp3) is 0.636. The molecule has 1 aromatic rings. The molecule has 2 atom stereocenters. The highest BCUT2D eigenvalue weighted by atomic mass is 15.3. The van der Waals surface area contributed by atoms with Gasteiger partial charge >= 0.3 is 0 Å². The second kappa shape index (κ2) is 4.25. The first-order chi connectivity index (χ1) is 7.58. The Morgan fingerprint density at radius 3 is 2.31 bits per heavy atom. The predicted octanol–water partition coefficient (Wildman–Crippen LogP) is 0.588. The molecule has 1 saturated heterocycles. The van der Waals surface area contributed by atoms with Crippen LogP contribution in [0.25, 0.3) is 0 Å². The van der Waals surface area contributed by atoms with Gasteiger partial charge in [-0.15, -0.1) is 10.2 Å². The lowest BCUT2D eigenvalue weighted by atomic mass is 10.1. The van der Waals surface area contributed by atoms with Crippen molar-refractivity contribution in [1.29, 1.82) is 0 Å². The van der Waals surface area contributed by atoms with E-state index >= 15 is 0 Å². The van der Waals surface area contributed by atoms with Crippen LogP contribution in [0.2, 0.25) is 0 Å². The lowest BCUT2D eigenvalue weighted by Crippen LogP contribution is -2.55. The van der Waals surface area contributed by atoms with E-state index in [2.05, 4.69) is 40.9 Å². The van der Waals surface area contributed by atoms with Crippen LogP contribution < -0.4 is 10.6 Å². The molecule has 1 aliphatic rings. The maximum Gasteiger partial charge on any atom is 0.151 e. The van der Waals surface area contributed by atoms with Crippen molar-refractivity contribution in [1.82, 2.24) is 15.1 Å². The van der Waals surface area contributed by atoms with Gasteiger partial charge in [0, 0.05) is 25.2 Å². The van der Waals surface area contributed by atoms with E-state index in [0.29, 0.717) is 17.9 Å². The Kier molecular flexibility index (Phi) is 2.96. The molecule has 5 heteroatoms. The first kappa shape index (κ1) is 11.1. The molecule has 0 saturated carbocycles. The second-order valence-electron chi connectivity index (χ2n) is 4.58. The van der Waals surface area contributed by atoms with Crippen LogP contribution in [0.15, 0.2) is 12.1 Å². The molecule has 5 nitrogen and oxygen atoms in total. The zero-order valence-corrected chi connectivity index (χ0v) is 10.1. The summed E-state index contributed by atoms with van der Waals surface area (Å²) >= 11 is 0. The van der Waals surface area contributed by atoms with Crippen molar-refractivity contribution in [3.05, 3.63) is 12.1 Å². The van der Waals surface area contributed by atoms with E-state index in [0.717, 1.165) is 18.9 Å². The average Bonchev–Trinajstić information content (AvgIpc) is 2.26. The van der Waals surface area contributed by atoms with Crippen molar-refractivity contribution >= 4 is 11.6 Å². The highest BCUT2D eigenvalue weighted by Crippen LogP contribution is 2.19. The van der Waals surface area contributed by atoms with Gasteiger partial charge in [-0.2, -0.15) is 0 Å². The lowest BCUT2D eigenvalue weighted by Gasteiger charge is -2.42. The summed E-state index contributed by atoms with van der Waals surface area (Å²) in [5.74, 6) is 1.39. The number of piperazine rings is 1. The minimum atomic E-state index is 0.471. The summed E-state index contributed by atoms with van der Waals surface area (Å²) in [5.41, 5.74) is 5.53. The summed E-state index contributed by atoms with van der Waals surface area (Å²) < 4.78 is 0. The number of aromatic nitrogens is 2. The molecule has 88 valence electrons. The summed E-state index contributed by atoms with van der Waals surface area (Å²) in [6.07, 6.45) is 0. The Hall–Kier alpha value is -1.36. The van der Waals surface area contributed by atoms with E-state index < -0.39 is 0 Å². The largest absolute Gasteiger partial charge is 0.382 e. The van der Waals surface area contributed by atoms with Gasteiger partial charge in [0.1, 0.15) is 5.82 Å². The first-order valence-electron chi connectivity index (χ1n) is 5.64. The van der Waals surface area contributed by atoms with E-state index in [1.165, 1.54) is 0 Å². The van der Waals surface area contributed by atoms with E-state index in [4.69, 9.17) is 5.73 Å². The Balaban J connectivity index is 2.13. The van der Waals surface area contributed by atoms with Crippen LogP contribution in [0.3, 0.4) is 0 Å². The number of hydrogen-bond acceptors (Lipinski definition) is 5. The molecule has 0 radical (unpaired) electrons. The predicted molar refractivity (Wildman–Crippen MR) is 65.3 cm³/mol. The lowest BCUT2D eigenvalue weighted by molar-refractivity contribution is 0.169. The highest BCUT2D eigenvalue weighted by Gasteiger charge is 2.27. The van der Waals surface area contributed by atoms with Crippen molar-refractivity contribution < 1.29 is 0 Å². The van der Waals surface area contributed by atoms with Gasteiger partial charge in [0.2, 0.25) is 0 Å². The molecular weight excluding hydrogens is 202 g/mol. The van der Waals surface area contributed by atoms with Gasteiger partial charge in [-0.25, -0.2) is 0 Å². The Bertz CT molecular complexity index is 338. The minimum Gasteiger partial charge on any atom is -0.382 e. The summed E-state index contributed by atoms with van der Waals surface area (Å²) in [6, 6.07) is 4.80. The molecule has 0 spiro atoms. The van der Waals surface area contributed by atoms with Gasteiger partial charge in [-0.05, 0) is 33.0 Å². The monoisotopic (exact) mass is 221 g/mol. The fourth-order valence-electron chi connectivity index (χ4n) is 2.10. The molecule has 2 unspecified atom stereocenters. The molecule has 1 fully saturated rings. The Morgan fingerprint density at radius 2 is 1.81 bits per heavy atom.